The van der Waals surface area contributed by atoms with E-state index in [4.69, 9.17) is 4.74 Å². The molecule has 13 nitrogen and oxygen atoms in total. The van der Waals surface area contributed by atoms with E-state index in [-0.39, 0.29) is 67.2 Å². The normalized spacial score (nSPS) is 17.1. The van der Waals surface area contributed by atoms with Crippen LogP contribution in [0.4, 0.5) is 0 Å². The number of nitrogens with one attached hydrogen (secondary N) is 4. The summed E-state index contributed by atoms with van der Waals surface area (Å²) >= 11 is 1.36. The first-order chi connectivity index (χ1) is 21.5. The summed E-state index contributed by atoms with van der Waals surface area (Å²) in [6, 6.07) is -1.02. The summed E-state index contributed by atoms with van der Waals surface area (Å²) in [5.74, 6) is -1.65. The third-order valence-corrected chi connectivity index (χ3v) is 9.07. The number of carbonyl (C=O) groups excluding carboxylic acids is 5. The van der Waals surface area contributed by atoms with Crippen LogP contribution >= 0.6 is 11.3 Å². The molecular formula is C31H53N7O6S. The Hall–Kier alpha value is -3.10. The van der Waals surface area contributed by atoms with Gasteiger partial charge in [-0.3, -0.25) is 34.3 Å². The highest BCUT2D eigenvalue weighted by molar-refractivity contribution is 7.09. The van der Waals surface area contributed by atoms with E-state index in [2.05, 4.69) is 26.5 Å². The molecule has 1 aromatic rings. The molecule has 14 heteroatoms. The minimum Gasteiger partial charge on any atom is -0.444 e. The highest BCUT2D eigenvalue weighted by Crippen LogP contribution is 2.18. The predicted octanol–water partition coefficient (Wildman–Crippen LogP) is 2.23. The quantitative estimate of drug-likeness (QED) is 0.0999. The van der Waals surface area contributed by atoms with Crippen molar-refractivity contribution >= 4 is 40.9 Å². The summed E-state index contributed by atoms with van der Waals surface area (Å²) in [5, 5.41) is 8.26. The average molecular weight is 652 g/mol. The van der Waals surface area contributed by atoms with Crippen molar-refractivity contribution in [1.29, 1.82) is 0 Å². The molecule has 1 saturated heterocycles. The number of piperidine rings is 1. The average Bonchev–Trinajstić information content (AvgIpc) is 3.50. The van der Waals surface area contributed by atoms with Crippen LogP contribution in [0, 0.1) is 11.8 Å². The Balaban J connectivity index is 2.02. The van der Waals surface area contributed by atoms with Crippen LogP contribution in [0.1, 0.15) is 94.6 Å². The first-order valence-corrected chi connectivity index (χ1v) is 17.0. The lowest BCUT2D eigenvalue weighted by Gasteiger charge is -2.35. The van der Waals surface area contributed by atoms with Crippen LogP contribution in [-0.2, 0) is 30.3 Å². The van der Waals surface area contributed by atoms with Crippen LogP contribution in [0.2, 0.25) is 0 Å². The number of hydrazine groups is 1. The number of thiazole rings is 1. The molecule has 1 aromatic heterocycles. The molecule has 4 N–H and O–H groups in total. The van der Waals surface area contributed by atoms with E-state index in [1.54, 1.807) is 19.4 Å². The van der Waals surface area contributed by atoms with E-state index < -0.39 is 6.04 Å². The van der Waals surface area contributed by atoms with Gasteiger partial charge in [0.1, 0.15) is 11.7 Å². The monoisotopic (exact) mass is 651 g/mol. The molecule has 3 unspecified atom stereocenters. The van der Waals surface area contributed by atoms with Crippen molar-refractivity contribution in [2.45, 2.75) is 97.6 Å². The van der Waals surface area contributed by atoms with Crippen molar-refractivity contribution in [3.8, 4) is 0 Å². The molecule has 0 aliphatic carbocycles. The van der Waals surface area contributed by atoms with Gasteiger partial charge < -0.3 is 20.3 Å². The van der Waals surface area contributed by atoms with Gasteiger partial charge in [-0.1, -0.05) is 40.5 Å². The van der Waals surface area contributed by atoms with Gasteiger partial charge in [-0.25, -0.2) is 10.4 Å². The van der Waals surface area contributed by atoms with Crippen molar-refractivity contribution in [2.24, 2.45) is 11.8 Å². The Morgan fingerprint density at radius 1 is 1.18 bits per heavy atom. The Kier molecular flexibility index (Phi) is 17.0. The molecular weight excluding hydrogens is 598 g/mol. The lowest BCUT2D eigenvalue weighted by atomic mass is 9.96. The zero-order chi connectivity index (χ0) is 33.4. The zero-order valence-electron chi connectivity index (χ0n) is 27.8. The van der Waals surface area contributed by atoms with Crippen LogP contribution in [0.5, 0.6) is 0 Å². The largest absolute Gasteiger partial charge is 0.444 e. The molecule has 4 amide bonds. The van der Waals surface area contributed by atoms with Crippen molar-refractivity contribution in [2.75, 3.05) is 40.5 Å². The molecule has 1 aliphatic rings. The Labute approximate surface area is 271 Å². The minimum absolute atomic E-state index is 0.120. The highest BCUT2D eigenvalue weighted by atomic mass is 32.1. The molecule has 0 saturated carbocycles. The van der Waals surface area contributed by atoms with Crippen molar-refractivity contribution in [3.05, 3.63) is 16.1 Å². The number of likely N-dealkylation sites (tertiary alicyclic amines) is 1. The molecule has 2 heterocycles. The number of carbonyl (C=O) groups is 5. The lowest BCUT2D eigenvalue weighted by molar-refractivity contribution is -0.155. The van der Waals surface area contributed by atoms with Crippen LogP contribution < -0.4 is 21.5 Å². The smallest absolute Gasteiger partial charge is 0.307 e. The molecule has 0 aromatic carbocycles. The van der Waals surface area contributed by atoms with Gasteiger partial charge in [-0.2, -0.15) is 0 Å². The van der Waals surface area contributed by atoms with Gasteiger partial charge in [-0.15, -0.1) is 11.3 Å². The van der Waals surface area contributed by atoms with Crippen LogP contribution in [0.15, 0.2) is 5.38 Å². The number of hydrogen-bond acceptors (Lipinski definition) is 10. The van der Waals surface area contributed by atoms with E-state index in [9.17, 15) is 24.0 Å². The second-order valence-corrected chi connectivity index (χ2v) is 12.7. The number of amides is 4. The third kappa shape index (κ3) is 12.7. The molecule has 2 rings (SSSR count). The second kappa shape index (κ2) is 20.1. The zero-order valence-corrected chi connectivity index (χ0v) is 28.6. The summed E-state index contributed by atoms with van der Waals surface area (Å²) in [5.41, 5.74) is 5.43. The number of aryl methyl sites for hydroxylation is 1. The standard InChI is InChI=1S/C31H53N7O6S/c1-7-12-26(39)44-20-38(31(43)27(21(3)8-2)35-30(42)24-13-9-10-17-37(24)6)18-11-14-25-34-23(19-45-25)29(41)33-16-15-22(4)28(40)36-32-5/h19,21-22,24,27,32H,7-18,20H2,1-6H3,(H,33,41)(H,35,42)(H,36,40)/t21?,22?,24-,27?/m1/s1. The third-order valence-electron chi connectivity index (χ3n) is 8.16. The molecule has 0 bridgehead atoms. The topological polar surface area (TPSA) is 162 Å². The van der Waals surface area contributed by atoms with Gasteiger partial charge in [0.15, 0.2) is 6.73 Å². The lowest BCUT2D eigenvalue weighted by Crippen LogP contribution is -2.57. The first-order valence-electron chi connectivity index (χ1n) is 16.2. The van der Waals surface area contributed by atoms with E-state index in [1.807, 2.05) is 32.7 Å². The van der Waals surface area contributed by atoms with Crippen molar-refractivity contribution in [3.63, 3.8) is 0 Å². The fourth-order valence-corrected chi connectivity index (χ4v) is 5.84. The summed E-state index contributed by atoms with van der Waals surface area (Å²) in [6.07, 6.45) is 5.88. The van der Waals surface area contributed by atoms with Gasteiger partial charge >= 0.3 is 5.97 Å². The number of hydrogen-bond donors (Lipinski definition) is 4. The van der Waals surface area contributed by atoms with Gasteiger partial charge in [0.25, 0.3) is 5.91 Å². The van der Waals surface area contributed by atoms with Crippen molar-refractivity contribution in [1.82, 2.24) is 36.3 Å². The fraction of sp³-hybridized carbons (Fsp3) is 0.742. The van der Waals surface area contributed by atoms with Gasteiger partial charge in [0, 0.05) is 44.3 Å². The number of aromatic nitrogens is 1. The Morgan fingerprint density at radius 3 is 2.60 bits per heavy atom. The summed E-state index contributed by atoms with van der Waals surface area (Å²) in [6.45, 7) is 8.86. The van der Waals surface area contributed by atoms with Gasteiger partial charge in [0.05, 0.1) is 11.0 Å². The van der Waals surface area contributed by atoms with Crippen LogP contribution in [0.3, 0.4) is 0 Å². The maximum Gasteiger partial charge on any atom is 0.307 e. The highest BCUT2D eigenvalue weighted by Gasteiger charge is 2.34. The maximum absolute atomic E-state index is 13.9. The maximum atomic E-state index is 13.9. The molecule has 45 heavy (non-hydrogen) atoms. The number of likely N-dealkylation sites (N-methyl/N-ethyl adjacent to an activating group) is 1. The summed E-state index contributed by atoms with van der Waals surface area (Å²) in [4.78, 5) is 71.7. The number of nitrogens with zero attached hydrogens (tertiary/aromatic N) is 3. The number of esters is 1. The predicted molar refractivity (Wildman–Crippen MR) is 173 cm³/mol. The second-order valence-electron chi connectivity index (χ2n) is 11.8. The van der Waals surface area contributed by atoms with E-state index >= 15 is 0 Å². The SMILES string of the molecule is CCCC(=O)OCN(CCCc1nc(C(=O)NCCC(C)C(=O)NNC)cs1)C(=O)C(NC(=O)[C@H]1CCCCN1C)C(C)CC. The first kappa shape index (κ1) is 38.1. The van der Waals surface area contributed by atoms with Gasteiger partial charge in [0.2, 0.25) is 17.7 Å². The molecule has 1 fully saturated rings. The summed E-state index contributed by atoms with van der Waals surface area (Å²) in [7, 11) is 3.55. The van der Waals surface area contributed by atoms with Crippen LogP contribution in [-0.4, -0.2) is 96.9 Å². The number of rotatable bonds is 19. The molecule has 1 aliphatic heterocycles. The minimum atomic E-state index is -0.745. The van der Waals surface area contributed by atoms with Gasteiger partial charge in [-0.05, 0) is 51.6 Å². The van der Waals surface area contributed by atoms with E-state index in [1.165, 1.54) is 16.2 Å². The van der Waals surface area contributed by atoms with E-state index in [0.717, 1.165) is 30.8 Å². The van der Waals surface area contributed by atoms with Crippen LogP contribution in [0.25, 0.3) is 0 Å². The molecule has 4 atom stereocenters. The molecule has 0 spiro atoms. The Morgan fingerprint density at radius 2 is 1.93 bits per heavy atom. The van der Waals surface area contributed by atoms with Crippen molar-refractivity contribution < 1.29 is 28.7 Å². The summed E-state index contributed by atoms with van der Waals surface area (Å²) < 4.78 is 5.44. The number of ether oxygens (including phenoxy) is 1. The molecule has 254 valence electrons. The Bertz CT molecular complexity index is 1120. The molecule has 0 radical (unpaired) electrons. The van der Waals surface area contributed by atoms with E-state index in [0.29, 0.717) is 44.3 Å². The fourth-order valence-electron chi connectivity index (χ4n) is 5.02.